The van der Waals surface area contributed by atoms with E-state index in [2.05, 4.69) is 4.90 Å². The first-order valence-corrected chi connectivity index (χ1v) is 6.33. The minimum atomic E-state index is 0.130. The van der Waals surface area contributed by atoms with Gasteiger partial charge in [-0.3, -0.25) is 9.69 Å². The van der Waals surface area contributed by atoms with Crippen molar-refractivity contribution in [1.29, 1.82) is 0 Å². The lowest BCUT2D eigenvalue weighted by molar-refractivity contribution is -0.121. The molecule has 0 aliphatic heterocycles. The Morgan fingerprint density at radius 2 is 2.40 bits per heavy atom. The number of Topliss-reactive ketones (excluding diaryl/α,β-unsaturated/α-hetero) is 1. The highest BCUT2D eigenvalue weighted by Gasteiger charge is 2.27. The first-order chi connectivity index (χ1) is 7.16. The number of rotatable bonds is 3. The Labute approximate surface area is 98.8 Å². The molecule has 1 aromatic rings. The summed E-state index contributed by atoms with van der Waals surface area (Å²) in [5.74, 6) is 0.389. The third-order valence-corrected chi connectivity index (χ3v) is 4.05. The molecule has 2 nitrogen and oxygen atoms in total. The summed E-state index contributed by atoms with van der Waals surface area (Å²) in [5, 5.41) is 0. The fourth-order valence-corrected chi connectivity index (χ4v) is 3.21. The molecule has 1 unspecified atom stereocenters. The molecule has 1 heterocycles. The molecule has 0 bridgehead atoms. The van der Waals surface area contributed by atoms with Gasteiger partial charge in [-0.05, 0) is 32.0 Å². The van der Waals surface area contributed by atoms with E-state index < -0.39 is 0 Å². The number of likely N-dealkylation sites (N-methyl/N-ethyl adjacent to an activating group) is 1. The van der Waals surface area contributed by atoms with Crippen LogP contribution in [0.25, 0.3) is 0 Å². The van der Waals surface area contributed by atoms with Crippen LogP contribution in [0.3, 0.4) is 0 Å². The molecule has 4 heteroatoms. The lowest BCUT2D eigenvalue weighted by Crippen LogP contribution is -2.33. The van der Waals surface area contributed by atoms with Crippen molar-refractivity contribution < 1.29 is 4.79 Å². The van der Waals surface area contributed by atoms with E-state index in [9.17, 15) is 4.79 Å². The predicted molar refractivity (Wildman–Crippen MR) is 63.4 cm³/mol. The highest BCUT2D eigenvalue weighted by molar-refractivity contribution is 7.16. The van der Waals surface area contributed by atoms with Crippen LogP contribution < -0.4 is 0 Å². The SMILES string of the molecule is CN(Cc1ccc(Cl)s1)C1CCCC1=O. The number of hydrogen-bond donors (Lipinski definition) is 0. The predicted octanol–water partition coefficient (Wildman–Crippen LogP) is 2.95. The second-order valence-corrected chi connectivity index (χ2v) is 5.79. The zero-order valence-electron chi connectivity index (χ0n) is 8.70. The maximum Gasteiger partial charge on any atom is 0.149 e. The van der Waals surface area contributed by atoms with E-state index in [4.69, 9.17) is 11.6 Å². The summed E-state index contributed by atoms with van der Waals surface area (Å²) >= 11 is 7.45. The Morgan fingerprint density at radius 1 is 1.60 bits per heavy atom. The van der Waals surface area contributed by atoms with Gasteiger partial charge in [-0.15, -0.1) is 11.3 Å². The van der Waals surface area contributed by atoms with E-state index >= 15 is 0 Å². The quantitative estimate of drug-likeness (QED) is 0.814. The molecule has 0 saturated heterocycles. The number of ketones is 1. The Kier molecular flexibility index (Phi) is 3.44. The van der Waals surface area contributed by atoms with Crippen LogP contribution >= 0.6 is 22.9 Å². The molecular weight excluding hydrogens is 230 g/mol. The molecule has 1 saturated carbocycles. The van der Waals surface area contributed by atoms with Crippen LogP contribution in [0.5, 0.6) is 0 Å². The topological polar surface area (TPSA) is 20.3 Å². The Hall–Kier alpha value is -0.380. The molecule has 0 spiro atoms. The fourth-order valence-electron chi connectivity index (χ4n) is 2.06. The summed E-state index contributed by atoms with van der Waals surface area (Å²) < 4.78 is 0.816. The fraction of sp³-hybridized carbons (Fsp3) is 0.545. The number of thiophene rings is 1. The first-order valence-electron chi connectivity index (χ1n) is 5.14. The van der Waals surface area contributed by atoms with Crippen molar-refractivity contribution in [2.24, 2.45) is 0 Å². The molecule has 1 aliphatic rings. The van der Waals surface area contributed by atoms with E-state index in [0.717, 1.165) is 30.1 Å². The molecule has 1 fully saturated rings. The Morgan fingerprint density at radius 3 is 2.93 bits per heavy atom. The van der Waals surface area contributed by atoms with E-state index in [1.54, 1.807) is 11.3 Å². The molecule has 82 valence electrons. The summed E-state index contributed by atoms with van der Waals surface area (Å²) in [6.07, 6.45) is 2.80. The van der Waals surface area contributed by atoms with Gasteiger partial charge in [0, 0.05) is 17.8 Å². The van der Waals surface area contributed by atoms with Crippen molar-refractivity contribution in [2.45, 2.75) is 31.8 Å². The van der Waals surface area contributed by atoms with Gasteiger partial charge in [0.15, 0.2) is 0 Å². The van der Waals surface area contributed by atoms with Crippen molar-refractivity contribution in [1.82, 2.24) is 4.90 Å². The van der Waals surface area contributed by atoms with Crippen LogP contribution in [0.1, 0.15) is 24.1 Å². The van der Waals surface area contributed by atoms with Gasteiger partial charge >= 0.3 is 0 Å². The van der Waals surface area contributed by atoms with E-state index in [0.29, 0.717) is 5.78 Å². The van der Waals surface area contributed by atoms with Crippen molar-refractivity contribution in [3.05, 3.63) is 21.3 Å². The molecule has 1 aromatic heterocycles. The molecule has 0 aromatic carbocycles. The van der Waals surface area contributed by atoms with Crippen molar-refractivity contribution in [3.63, 3.8) is 0 Å². The highest BCUT2D eigenvalue weighted by atomic mass is 35.5. The molecule has 15 heavy (non-hydrogen) atoms. The molecule has 1 atom stereocenters. The lowest BCUT2D eigenvalue weighted by atomic mass is 10.2. The van der Waals surface area contributed by atoms with E-state index in [1.165, 1.54) is 4.88 Å². The van der Waals surface area contributed by atoms with Gasteiger partial charge in [0.25, 0.3) is 0 Å². The number of halogens is 1. The largest absolute Gasteiger partial charge is 0.298 e. The van der Waals surface area contributed by atoms with Crippen molar-refractivity contribution in [2.75, 3.05) is 7.05 Å². The summed E-state index contributed by atoms with van der Waals surface area (Å²) in [6.45, 7) is 0.827. The van der Waals surface area contributed by atoms with E-state index in [1.807, 2.05) is 19.2 Å². The van der Waals surface area contributed by atoms with Crippen LogP contribution in [-0.4, -0.2) is 23.8 Å². The maximum absolute atomic E-state index is 11.5. The van der Waals surface area contributed by atoms with Gasteiger partial charge in [0.05, 0.1) is 10.4 Å². The minimum Gasteiger partial charge on any atom is -0.298 e. The Balaban J connectivity index is 1.97. The van der Waals surface area contributed by atoms with Crippen LogP contribution in [0.4, 0.5) is 0 Å². The average molecular weight is 244 g/mol. The van der Waals surface area contributed by atoms with Crippen LogP contribution in [0, 0.1) is 0 Å². The van der Waals surface area contributed by atoms with Crippen LogP contribution in [-0.2, 0) is 11.3 Å². The second-order valence-electron chi connectivity index (χ2n) is 4.00. The normalized spacial score (nSPS) is 21.5. The maximum atomic E-state index is 11.5. The van der Waals surface area contributed by atoms with Gasteiger partial charge in [0.1, 0.15) is 5.78 Å². The van der Waals surface area contributed by atoms with Gasteiger partial charge in [-0.2, -0.15) is 0 Å². The monoisotopic (exact) mass is 243 g/mol. The molecule has 0 amide bonds. The van der Waals surface area contributed by atoms with Crippen LogP contribution in [0.2, 0.25) is 4.34 Å². The van der Waals surface area contributed by atoms with Crippen molar-refractivity contribution >= 4 is 28.7 Å². The standard InChI is InChI=1S/C11H14ClNOS/c1-13(9-3-2-4-10(9)14)7-8-5-6-11(12)15-8/h5-6,9H,2-4,7H2,1H3. The molecular formula is C11H14ClNOS. The zero-order chi connectivity index (χ0) is 10.8. The van der Waals surface area contributed by atoms with Gasteiger partial charge < -0.3 is 0 Å². The van der Waals surface area contributed by atoms with Crippen LogP contribution in [0.15, 0.2) is 12.1 Å². The van der Waals surface area contributed by atoms with Gasteiger partial charge in [0.2, 0.25) is 0 Å². The molecule has 2 rings (SSSR count). The smallest absolute Gasteiger partial charge is 0.149 e. The second kappa shape index (κ2) is 4.64. The Bertz CT molecular complexity index is 363. The summed E-state index contributed by atoms with van der Waals surface area (Å²) in [5.41, 5.74) is 0. The highest BCUT2D eigenvalue weighted by Crippen LogP contribution is 2.25. The number of carbonyl (C=O) groups excluding carboxylic acids is 1. The molecule has 0 N–H and O–H groups in total. The van der Waals surface area contributed by atoms with E-state index in [-0.39, 0.29) is 6.04 Å². The zero-order valence-corrected chi connectivity index (χ0v) is 10.3. The first kappa shape index (κ1) is 11.1. The molecule has 0 radical (unpaired) electrons. The lowest BCUT2D eigenvalue weighted by Gasteiger charge is -2.21. The third-order valence-electron chi connectivity index (χ3n) is 2.84. The summed E-state index contributed by atoms with van der Waals surface area (Å²) in [4.78, 5) is 14.9. The van der Waals surface area contributed by atoms with Crippen molar-refractivity contribution in [3.8, 4) is 0 Å². The number of nitrogens with zero attached hydrogens (tertiary/aromatic N) is 1. The third kappa shape index (κ3) is 2.60. The average Bonchev–Trinajstić information content (AvgIpc) is 2.75. The summed E-state index contributed by atoms with van der Waals surface area (Å²) in [6, 6.07) is 4.07. The number of hydrogen-bond acceptors (Lipinski definition) is 3. The minimum absolute atomic E-state index is 0.130. The molecule has 1 aliphatic carbocycles. The number of carbonyl (C=O) groups is 1. The van der Waals surface area contributed by atoms with Gasteiger partial charge in [-0.25, -0.2) is 0 Å². The summed E-state index contributed by atoms with van der Waals surface area (Å²) in [7, 11) is 2.02. The van der Waals surface area contributed by atoms with Gasteiger partial charge in [-0.1, -0.05) is 11.6 Å².